The van der Waals surface area contributed by atoms with E-state index < -0.39 is 11.8 Å². The highest BCUT2D eigenvalue weighted by atomic mass is 19.1. The van der Waals surface area contributed by atoms with Gasteiger partial charge in [0, 0.05) is 19.3 Å². The van der Waals surface area contributed by atoms with Crippen molar-refractivity contribution in [1.82, 2.24) is 4.98 Å². The summed E-state index contributed by atoms with van der Waals surface area (Å²) in [5, 5.41) is 8.89. The van der Waals surface area contributed by atoms with E-state index in [1.165, 1.54) is 12.3 Å². The number of aromatic carboxylic acids is 1. The molecule has 18 heavy (non-hydrogen) atoms. The number of carbonyl (C=O) groups is 1. The summed E-state index contributed by atoms with van der Waals surface area (Å²) in [6.07, 6.45) is 3.50. The fourth-order valence-electron chi connectivity index (χ4n) is 2.61. The molecular weight excluding hydrogens is 239 g/mol. The average molecular weight is 252 g/mol. The van der Waals surface area contributed by atoms with Crippen LogP contribution in [0, 0.1) is 5.82 Å². The van der Waals surface area contributed by atoms with E-state index in [4.69, 9.17) is 9.84 Å². The number of pyridine rings is 1. The van der Waals surface area contributed by atoms with Gasteiger partial charge in [-0.25, -0.2) is 14.2 Å². The molecule has 0 amide bonds. The van der Waals surface area contributed by atoms with Gasteiger partial charge in [-0.15, -0.1) is 0 Å². The van der Waals surface area contributed by atoms with Gasteiger partial charge >= 0.3 is 5.97 Å². The Kier molecular flexibility index (Phi) is 2.66. The molecule has 2 saturated heterocycles. The SMILES string of the molecule is O=C(O)c1ccnc(N2CC3CCC(C2)O3)c1F. The maximum Gasteiger partial charge on any atom is 0.338 e. The first-order valence-corrected chi connectivity index (χ1v) is 5.93. The van der Waals surface area contributed by atoms with Crippen molar-refractivity contribution in [2.24, 2.45) is 0 Å². The van der Waals surface area contributed by atoms with Crippen LogP contribution in [0.15, 0.2) is 12.3 Å². The second-order valence-electron chi connectivity index (χ2n) is 4.66. The summed E-state index contributed by atoms with van der Waals surface area (Å²) in [5.74, 6) is -1.91. The lowest BCUT2D eigenvalue weighted by atomic mass is 10.2. The Morgan fingerprint density at radius 2 is 2.11 bits per heavy atom. The predicted molar refractivity (Wildman–Crippen MR) is 61.3 cm³/mol. The Hall–Kier alpha value is -1.69. The van der Waals surface area contributed by atoms with Crippen molar-refractivity contribution in [1.29, 1.82) is 0 Å². The van der Waals surface area contributed by atoms with E-state index in [0.29, 0.717) is 13.1 Å². The third kappa shape index (κ3) is 1.82. The van der Waals surface area contributed by atoms with Gasteiger partial charge in [0.15, 0.2) is 11.6 Å². The molecule has 0 spiro atoms. The molecule has 2 fully saturated rings. The molecule has 0 aromatic carbocycles. The van der Waals surface area contributed by atoms with Crippen LogP contribution in [0.3, 0.4) is 0 Å². The summed E-state index contributed by atoms with van der Waals surface area (Å²) in [7, 11) is 0. The predicted octanol–water partition coefficient (Wildman–Crippen LogP) is 1.29. The maximum absolute atomic E-state index is 14.1. The Morgan fingerprint density at radius 3 is 2.72 bits per heavy atom. The van der Waals surface area contributed by atoms with Crippen LogP contribution in [0.5, 0.6) is 0 Å². The van der Waals surface area contributed by atoms with Crippen LogP contribution in [0.2, 0.25) is 0 Å². The molecule has 0 saturated carbocycles. The second kappa shape index (κ2) is 4.20. The molecule has 2 atom stereocenters. The van der Waals surface area contributed by atoms with Gasteiger partial charge in [0.05, 0.1) is 12.2 Å². The van der Waals surface area contributed by atoms with Gasteiger partial charge in [-0.05, 0) is 18.9 Å². The van der Waals surface area contributed by atoms with E-state index in [1.54, 1.807) is 4.90 Å². The van der Waals surface area contributed by atoms with E-state index in [1.807, 2.05) is 0 Å². The molecule has 5 nitrogen and oxygen atoms in total. The van der Waals surface area contributed by atoms with E-state index in [-0.39, 0.29) is 23.6 Å². The molecule has 2 aliphatic rings. The third-order valence-electron chi connectivity index (χ3n) is 3.44. The summed E-state index contributed by atoms with van der Waals surface area (Å²) in [4.78, 5) is 16.6. The van der Waals surface area contributed by atoms with Gasteiger partial charge in [0.1, 0.15) is 5.56 Å². The molecule has 1 aromatic rings. The van der Waals surface area contributed by atoms with Crippen LogP contribution in [0.1, 0.15) is 23.2 Å². The van der Waals surface area contributed by atoms with Crippen LogP contribution in [0.25, 0.3) is 0 Å². The quantitative estimate of drug-likeness (QED) is 0.859. The largest absolute Gasteiger partial charge is 0.478 e. The van der Waals surface area contributed by atoms with Crippen LogP contribution in [-0.2, 0) is 4.74 Å². The van der Waals surface area contributed by atoms with E-state index in [2.05, 4.69) is 4.98 Å². The molecule has 2 aliphatic heterocycles. The number of rotatable bonds is 2. The average Bonchev–Trinajstić information content (AvgIpc) is 2.68. The molecule has 3 rings (SSSR count). The number of morpholine rings is 1. The number of carboxylic acid groups (broad SMARTS) is 1. The lowest BCUT2D eigenvalue weighted by molar-refractivity contribution is 0.0300. The van der Waals surface area contributed by atoms with Gasteiger partial charge < -0.3 is 14.7 Å². The first kappa shape index (κ1) is 11.4. The van der Waals surface area contributed by atoms with Crippen molar-refractivity contribution < 1.29 is 19.0 Å². The van der Waals surface area contributed by atoms with Crippen molar-refractivity contribution in [2.45, 2.75) is 25.0 Å². The highest BCUT2D eigenvalue weighted by molar-refractivity contribution is 5.88. The maximum atomic E-state index is 14.1. The molecule has 2 bridgehead atoms. The summed E-state index contributed by atoms with van der Waals surface area (Å²) < 4.78 is 19.7. The number of ether oxygens (including phenoxy) is 1. The van der Waals surface area contributed by atoms with Crippen LogP contribution < -0.4 is 4.90 Å². The van der Waals surface area contributed by atoms with Crippen LogP contribution in [0.4, 0.5) is 10.2 Å². The topological polar surface area (TPSA) is 62.7 Å². The number of hydrogen-bond acceptors (Lipinski definition) is 4. The van der Waals surface area contributed by atoms with Crippen molar-refractivity contribution >= 4 is 11.8 Å². The molecule has 6 heteroatoms. The number of hydrogen-bond donors (Lipinski definition) is 1. The molecule has 96 valence electrons. The Bertz CT molecular complexity index is 482. The minimum atomic E-state index is -1.27. The number of fused-ring (bicyclic) bond motifs is 2. The Balaban J connectivity index is 1.92. The van der Waals surface area contributed by atoms with Crippen molar-refractivity contribution in [3.05, 3.63) is 23.6 Å². The van der Waals surface area contributed by atoms with Gasteiger partial charge in [0.2, 0.25) is 0 Å². The monoisotopic (exact) mass is 252 g/mol. The zero-order valence-electron chi connectivity index (χ0n) is 9.67. The van der Waals surface area contributed by atoms with E-state index in [0.717, 1.165) is 12.8 Å². The third-order valence-corrected chi connectivity index (χ3v) is 3.44. The molecule has 0 aliphatic carbocycles. The lowest BCUT2D eigenvalue weighted by Crippen LogP contribution is -2.43. The highest BCUT2D eigenvalue weighted by Gasteiger charge is 2.35. The standard InChI is InChI=1S/C12H13FN2O3/c13-10-9(12(16)17)3-4-14-11(10)15-5-7-1-2-8(6-15)18-7/h3-4,7-8H,1-2,5-6H2,(H,16,17). The van der Waals surface area contributed by atoms with Gasteiger partial charge in [-0.2, -0.15) is 0 Å². The van der Waals surface area contributed by atoms with E-state index in [9.17, 15) is 9.18 Å². The molecule has 2 unspecified atom stereocenters. The summed E-state index contributed by atoms with van der Waals surface area (Å²) in [5.41, 5.74) is -0.334. The van der Waals surface area contributed by atoms with Crippen molar-refractivity contribution in [3.8, 4) is 0 Å². The smallest absolute Gasteiger partial charge is 0.338 e. The van der Waals surface area contributed by atoms with Crippen LogP contribution >= 0.6 is 0 Å². The highest BCUT2D eigenvalue weighted by Crippen LogP contribution is 2.30. The number of carboxylic acids is 1. The first-order chi connectivity index (χ1) is 8.65. The number of nitrogens with zero attached hydrogens (tertiary/aromatic N) is 2. The molecule has 1 aromatic heterocycles. The fraction of sp³-hybridized carbons (Fsp3) is 0.500. The Labute approximate surface area is 103 Å². The molecule has 0 radical (unpaired) electrons. The summed E-state index contributed by atoms with van der Waals surface area (Å²) in [6, 6.07) is 1.18. The van der Waals surface area contributed by atoms with Gasteiger partial charge in [0.25, 0.3) is 0 Å². The minimum absolute atomic E-state index is 0.110. The second-order valence-corrected chi connectivity index (χ2v) is 4.66. The zero-order valence-corrected chi connectivity index (χ0v) is 9.67. The number of aromatic nitrogens is 1. The molecule has 3 heterocycles. The summed E-state index contributed by atoms with van der Waals surface area (Å²) >= 11 is 0. The number of halogens is 1. The molecule has 1 N–H and O–H groups in total. The van der Waals surface area contributed by atoms with E-state index >= 15 is 0 Å². The van der Waals surface area contributed by atoms with Crippen molar-refractivity contribution in [3.63, 3.8) is 0 Å². The minimum Gasteiger partial charge on any atom is -0.478 e. The first-order valence-electron chi connectivity index (χ1n) is 5.93. The fourth-order valence-corrected chi connectivity index (χ4v) is 2.61. The van der Waals surface area contributed by atoms with Crippen molar-refractivity contribution in [2.75, 3.05) is 18.0 Å². The Morgan fingerprint density at radius 1 is 1.44 bits per heavy atom. The van der Waals surface area contributed by atoms with Gasteiger partial charge in [-0.3, -0.25) is 0 Å². The van der Waals surface area contributed by atoms with Gasteiger partial charge in [-0.1, -0.05) is 0 Å². The lowest BCUT2D eigenvalue weighted by Gasteiger charge is -2.33. The summed E-state index contributed by atoms with van der Waals surface area (Å²) in [6.45, 7) is 1.15. The van der Waals surface area contributed by atoms with Crippen LogP contribution in [-0.4, -0.2) is 41.4 Å². The molecular formula is C12H13FN2O3. The zero-order chi connectivity index (χ0) is 12.7. The number of anilines is 1. The normalized spacial score (nSPS) is 26.4.